The van der Waals surface area contributed by atoms with Gasteiger partial charge in [-0.25, -0.2) is 4.98 Å². The van der Waals surface area contributed by atoms with Crippen molar-refractivity contribution in [2.75, 3.05) is 19.4 Å². The first-order valence-corrected chi connectivity index (χ1v) is 11.5. The fraction of sp³-hybridized carbons (Fsp3) is 0.304. The SMILES string of the molecule is COc1ccc2c(c1)CCN(C(=O)CSc1nnc(CCc3nc4ccccc4[nH]3)o1)C2. The van der Waals surface area contributed by atoms with Crippen molar-refractivity contribution in [1.82, 2.24) is 25.1 Å². The first-order valence-electron chi connectivity index (χ1n) is 10.5. The molecule has 2 aromatic carbocycles. The van der Waals surface area contributed by atoms with E-state index >= 15 is 0 Å². The number of H-pyrrole nitrogens is 1. The Balaban J connectivity index is 1.12. The van der Waals surface area contributed by atoms with Crippen molar-refractivity contribution in [3.63, 3.8) is 0 Å². The van der Waals surface area contributed by atoms with Gasteiger partial charge in [0, 0.05) is 25.9 Å². The highest BCUT2D eigenvalue weighted by Crippen LogP contribution is 2.25. The molecule has 9 heteroatoms. The van der Waals surface area contributed by atoms with E-state index in [1.54, 1.807) is 7.11 Å². The zero-order chi connectivity index (χ0) is 21.9. The van der Waals surface area contributed by atoms with Gasteiger partial charge in [0.2, 0.25) is 11.8 Å². The van der Waals surface area contributed by atoms with Crippen molar-refractivity contribution in [1.29, 1.82) is 0 Å². The number of hydrogen-bond acceptors (Lipinski definition) is 7. The smallest absolute Gasteiger partial charge is 0.277 e. The van der Waals surface area contributed by atoms with E-state index in [0.717, 1.165) is 29.0 Å². The lowest BCUT2D eigenvalue weighted by atomic mass is 9.99. The van der Waals surface area contributed by atoms with E-state index < -0.39 is 0 Å². The van der Waals surface area contributed by atoms with Gasteiger partial charge in [0.15, 0.2) is 0 Å². The Kier molecular flexibility index (Phi) is 5.81. The predicted octanol–water partition coefficient (Wildman–Crippen LogP) is 3.42. The molecule has 0 spiro atoms. The van der Waals surface area contributed by atoms with Crippen molar-refractivity contribution in [2.24, 2.45) is 0 Å². The van der Waals surface area contributed by atoms with Gasteiger partial charge in [-0.05, 0) is 41.8 Å². The number of carbonyl (C=O) groups is 1. The zero-order valence-corrected chi connectivity index (χ0v) is 18.5. The summed E-state index contributed by atoms with van der Waals surface area (Å²) in [6.45, 7) is 1.32. The second kappa shape index (κ2) is 9.04. The van der Waals surface area contributed by atoms with Crippen LogP contribution in [0.2, 0.25) is 0 Å². The normalized spacial score (nSPS) is 13.3. The summed E-state index contributed by atoms with van der Waals surface area (Å²) >= 11 is 1.28. The average Bonchev–Trinajstić information content (AvgIpc) is 3.46. The highest BCUT2D eigenvalue weighted by Gasteiger charge is 2.22. The van der Waals surface area contributed by atoms with E-state index in [-0.39, 0.29) is 11.7 Å². The molecule has 8 nitrogen and oxygen atoms in total. The summed E-state index contributed by atoms with van der Waals surface area (Å²) in [5.41, 5.74) is 4.37. The average molecular weight is 450 g/mol. The Hall–Kier alpha value is -3.33. The summed E-state index contributed by atoms with van der Waals surface area (Å²) in [5.74, 6) is 2.62. The maximum atomic E-state index is 12.7. The number of ether oxygens (including phenoxy) is 1. The lowest BCUT2D eigenvalue weighted by Gasteiger charge is -2.29. The molecule has 0 atom stereocenters. The van der Waals surface area contributed by atoms with Crippen LogP contribution in [0.5, 0.6) is 5.75 Å². The lowest BCUT2D eigenvalue weighted by Crippen LogP contribution is -2.37. The first-order chi connectivity index (χ1) is 15.7. The van der Waals surface area contributed by atoms with E-state index in [1.165, 1.54) is 22.9 Å². The summed E-state index contributed by atoms with van der Waals surface area (Å²) in [6, 6.07) is 14.0. The van der Waals surface area contributed by atoms with Crippen molar-refractivity contribution >= 4 is 28.7 Å². The van der Waals surface area contributed by atoms with Crippen LogP contribution in [0.3, 0.4) is 0 Å². The molecule has 1 N–H and O–H groups in total. The molecule has 0 aliphatic carbocycles. The second-order valence-electron chi connectivity index (χ2n) is 7.65. The van der Waals surface area contributed by atoms with Crippen LogP contribution in [-0.4, -0.2) is 50.4 Å². The number of benzene rings is 2. The monoisotopic (exact) mass is 449 g/mol. The van der Waals surface area contributed by atoms with E-state index in [0.29, 0.717) is 37.0 Å². The van der Waals surface area contributed by atoms with Gasteiger partial charge in [-0.15, -0.1) is 10.2 Å². The molecule has 1 amide bonds. The number of aromatic amines is 1. The first kappa shape index (κ1) is 20.6. The van der Waals surface area contributed by atoms with Gasteiger partial charge in [-0.3, -0.25) is 4.79 Å². The summed E-state index contributed by atoms with van der Waals surface area (Å²) in [7, 11) is 1.67. The lowest BCUT2D eigenvalue weighted by molar-refractivity contribution is -0.129. The fourth-order valence-electron chi connectivity index (χ4n) is 3.83. The maximum absolute atomic E-state index is 12.7. The molecule has 1 aliphatic heterocycles. The van der Waals surface area contributed by atoms with Crippen LogP contribution in [0.1, 0.15) is 22.8 Å². The molecule has 4 aromatic rings. The Morgan fingerprint density at radius 2 is 2.09 bits per heavy atom. The minimum absolute atomic E-state index is 0.0680. The topological polar surface area (TPSA) is 97.1 Å². The summed E-state index contributed by atoms with van der Waals surface area (Å²) < 4.78 is 11.0. The zero-order valence-electron chi connectivity index (χ0n) is 17.7. The van der Waals surface area contributed by atoms with Crippen molar-refractivity contribution in [2.45, 2.75) is 31.0 Å². The van der Waals surface area contributed by atoms with Gasteiger partial charge >= 0.3 is 0 Å². The number of rotatable bonds is 7. The third-order valence-electron chi connectivity index (χ3n) is 5.56. The van der Waals surface area contributed by atoms with Gasteiger partial charge in [-0.2, -0.15) is 0 Å². The van der Waals surface area contributed by atoms with E-state index in [9.17, 15) is 4.79 Å². The van der Waals surface area contributed by atoms with Gasteiger partial charge in [0.25, 0.3) is 5.22 Å². The number of methoxy groups -OCH3 is 1. The highest BCUT2D eigenvalue weighted by molar-refractivity contribution is 7.99. The largest absolute Gasteiger partial charge is 0.497 e. The number of nitrogens with one attached hydrogen (secondary N) is 1. The van der Waals surface area contributed by atoms with Crippen LogP contribution in [0.25, 0.3) is 11.0 Å². The number of imidazole rings is 1. The third-order valence-corrected chi connectivity index (χ3v) is 6.36. The molecular formula is C23H23N5O3S. The van der Waals surface area contributed by atoms with Gasteiger partial charge in [0.1, 0.15) is 11.6 Å². The molecule has 5 rings (SSSR count). The number of nitrogens with zero attached hydrogens (tertiary/aromatic N) is 4. The molecule has 0 radical (unpaired) electrons. The molecular weight excluding hydrogens is 426 g/mol. The van der Waals surface area contributed by atoms with Crippen molar-refractivity contribution in [3.8, 4) is 5.75 Å². The van der Waals surface area contributed by atoms with E-state index in [1.807, 2.05) is 41.3 Å². The molecule has 0 bridgehead atoms. The Morgan fingerprint density at radius 1 is 1.19 bits per heavy atom. The Bertz CT molecular complexity index is 1220. The predicted molar refractivity (Wildman–Crippen MR) is 121 cm³/mol. The summed E-state index contributed by atoms with van der Waals surface area (Å²) in [6.07, 6.45) is 2.10. The molecule has 0 saturated heterocycles. The summed E-state index contributed by atoms with van der Waals surface area (Å²) in [5, 5.41) is 8.60. The minimum Gasteiger partial charge on any atom is -0.497 e. The fourth-order valence-corrected chi connectivity index (χ4v) is 4.51. The second-order valence-corrected chi connectivity index (χ2v) is 8.58. The van der Waals surface area contributed by atoms with E-state index in [4.69, 9.17) is 9.15 Å². The third kappa shape index (κ3) is 4.47. The molecule has 164 valence electrons. The van der Waals surface area contributed by atoms with Crippen LogP contribution in [0, 0.1) is 0 Å². The Morgan fingerprint density at radius 3 is 2.97 bits per heavy atom. The number of para-hydroxylation sites is 2. The number of amides is 1. The maximum Gasteiger partial charge on any atom is 0.277 e. The Labute approximate surface area is 189 Å². The van der Waals surface area contributed by atoms with Crippen molar-refractivity contribution in [3.05, 3.63) is 65.3 Å². The van der Waals surface area contributed by atoms with Gasteiger partial charge < -0.3 is 19.0 Å². The highest BCUT2D eigenvalue weighted by atomic mass is 32.2. The van der Waals surface area contributed by atoms with Crippen LogP contribution in [0.4, 0.5) is 0 Å². The molecule has 0 saturated carbocycles. The van der Waals surface area contributed by atoms with Crippen LogP contribution in [-0.2, 0) is 30.6 Å². The number of aryl methyl sites for hydroxylation is 2. The van der Waals surface area contributed by atoms with Crippen LogP contribution in [0.15, 0.2) is 52.1 Å². The van der Waals surface area contributed by atoms with Gasteiger partial charge in [-0.1, -0.05) is 30.0 Å². The van der Waals surface area contributed by atoms with Crippen LogP contribution >= 0.6 is 11.8 Å². The number of carbonyl (C=O) groups excluding carboxylic acids is 1. The van der Waals surface area contributed by atoms with E-state index in [2.05, 4.69) is 26.2 Å². The molecule has 2 aromatic heterocycles. The van der Waals surface area contributed by atoms with Gasteiger partial charge in [0.05, 0.1) is 23.9 Å². The summed E-state index contributed by atoms with van der Waals surface area (Å²) in [4.78, 5) is 22.4. The number of aromatic nitrogens is 4. The number of hydrogen-bond donors (Lipinski definition) is 1. The van der Waals surface area contributed by atoms with Crippen LogP contribution < -0.4 is 4.74 Å². The standard InChI is InChI=1S/C23H23N5O3S/c1-30-17-7-6-16-13-28(11-10-15(16)12-17)22(29)14-32-23-27-26-21(31-23)9-8-20-24-18-4-2-3-5-19(18)25-20/h2-7,12H,8-11,13-14H2,1H3,(H,24,25). The molecule has 32 heavy (non-hydrogen) atoms. The number of fused-ring (bicyclic) bond motifs is 2. The minimum atomic E-state index is 0.0680. The van der Waals surface area contributed by atoms with Crippen molar-refractivity contribution < 1.29 is 13.9 Å². The molecule has 0 unspecified atom stereocenters. The number of thioether (sulfide) groups is 1. The molecule has 0 fully saturated rings. The molecule has 1 aliphatic rings. The molecule has 3 heterocycles. The quantitative estimate of drug-likeness (QED) is 0.432.